The van der Waals surface area contributed by atoms with Crippen molar-refractivity contribution >= 4 is 27.9 Å². The van der Waals surface area contributed by atoms with Gasteiger partial charge in [-0.15, -0.1) is 0 Å². The zero-order valence-electron chi connectivity index (χ0n) is 13.8. The van der Waals surface area contributed by atoms with Crippen molar-refractivity contribution in [3.63, 3.8) is 0 Å². The first kappa shape index (κ1) is 16.0. The number of nitrogens with zero attached hydrogens (tertiary/aromatic N) is 3. The number of rotatable bonds is 5. The molecule has 128 valence electrons. The average molecular weight is 354 g/mol. The van der Waals surface area contributed by atoms with Gasteiger partial charge in [-0.2, -0.15) is 16.4 Å². The van der Waals surface area contributed by atoms with Crippen molar-refractivity contribution in [1.82, 2.24) is 19.5 Å². The van der Waals surface area contributed by atoms with Crippen molar-refractivity contribution < 1.29 is 5.11 Å². The lowest BCUT2D eigenvalue weighted by molar-refractivity contribution is 0.217. The normalized spacial score (nSPS) is 11.8. The van der Waals surface area contributed by atoms with E-state index in [9.17, 15) is 4.79 Å². The van der Waals surface area contributed by atoms with Crippen LogP contribution in [-0.4, -0.2) is 44.8 Å². The van der Waals surface area contributed by atoms with E-state index >= 15 is 0 Å². The molecule has 4 aromatic rings. The maximum absolute atomic E-state index is 12.2. The summed E-state index contributed by atoms with van der Waals surface area (Å²) in [6.45, 7) is 1.38. The Kier molecular flexibility index (Phi) is 4.12. The third-order valence-electron chi connectivity index (χ3n) is 4.36. The van der Waals surface area contributed by atoms with Gasteiger partial charge < -0.3 is 5.11 Å². The van der Waals surface area contributed by atoms with Crippen LogP contribution in [0.1, 0.15) is 5.56 Å². The summed E-state index contributed by atoms with van der Waals surface area (Å²) >= 11 is 1.65. The second kappa shape index (κ2) is 6.44. The number of fused-ring (bicyclic) bond motifs is 3. The lowest BCUT2D eigenvalue weighted by atomic mass is 10.0. The van der Waals surface area contributed by atoms with Crippen LogP contribution in [0.25, 0.3) is 27.7 Å². The quantitative estimate of drug-likeness (QED) is 0.577. The number of nitrogens with one attached hydrogen (secondary N) is 1. The van der Waals surface area contributed by atoms with E-state index in [1.54, 1.807) is 15.7 Å². The molecule has 6 nitrogen and oxygen atoms in total. The van der Waals surface area contributed by atoms with Crippen LogP contribution in [0.2, 0.25) is 0 Å². The molecule has 2 N–H and O–H groups in total. The van der Waals surface area contributed by atoms with Crippen molar-refractivity contribution in [2.45, 2.75) is 6.54 Å². The van der Waals surface area contributed by atoms with E-state index in [0.717, 1.165) is 27.6 Å². The zero-order chi connectivity index (χ0) is 17.4. The van der Waals surface area contributed by atoms with Crippen molar-refractivity contribution in [3.05, 3.63) is 57.1 Å². The van der Waals surface area contributed by atoms with Crippen LogP contribution < -0.4 is 5.69 Å². The van der Waals surface area contributed by atoms with E-state index in [1.165, 1.54) is 0 Å². The van der Waals surface area contributed by atoms with Crippen molar-refractivity contribution in [2.75, 3.05) is 20.2 Å². The highest BCUT2D eigenvalue weighted by Crippen LogP contribution is 2.28. The minimum absolute atomic E-state index is 0.112. The molecule has 0 atom stereocenters. The van der Waals surface area contributed by atoms with Gasteiger partial charge in [0.05, 0.1) is 12.1 Å². The topological polar surface area (TPSA) is 73.6 Å². The Labute approximate surface area is 148 Å². The first-order valence-electron chi connectivity index (χ1n) is 8.02. The molecule has 0 aliphatic carbocycles. The smallest absolute Gasteiger partial charge is 0.348 e. The molecule has 7 heteroatoms. The van der Waals surface area contributed by atoms with Crippen molar-refractivity contribution in [2.24, 2.45) is 0 Å². The Bertz CT molecular complexity index is 1080. The minimum Gasteiger partial charge on any atom is -0.395 e. The summed E-state index contributed by atoms with van der Waals surface area (Å²) in [6, 6.07) is 10.2. The summed E-state index contributed by atoms with van der Waals surface area (Å²) in [7, 11) is 1.96. The van der Waals surface area contributed by atoms with Gasteiger partial charge in [0.1, 0.15) is 0 Å². The second-order valence-electron chi connectivity index (χ2n) is 6.10. The first-order valence-corrected chi connectivity index (χ1v) is 8.96. The summed E-state index contributed by atoms with van der Waals surface area (Å²) in [5.41, 5.74) is 4.50. The molecule has 3 heterocycles. The van der Waals surface area contributed by atoms with Gasteiger partial charge in [0.15, 0.2) is 5.65 Å². The van der Waals surface area contributed by atoms with Crippen LogP contribution in [0.3, 0.4) is 0 Å². The van der Waals surface area contributed by atoms with E-state index in [-0.39, 0.29) is 12.3 Å². The van der Waals surface area contributed by atoms with Crippen LogP contribution in [0, 0.1) is 0 Å². The van der Waals surface area contributed by atoms with Gasteiger partial charge in [0.25, 0.3) is 0 Å². The van der Waals surface area contributed by atoms with Crippen LogP contribution in [0.15, 0.2) is 45.9 Å². The molecular formula is C18H18N4O2S. The molecule has 3 aromatic heterocycles. The number of pyridine rings is 1. The molecule has 0 aliphatic rings. The molecular weight excluding hydrogens is 336 g/mol. The van der Waals surface area contributed by atoms with Gasteiger partial charge in [0.2, 0.25) is 0 Å². The second-order valence-corrected chi connectivity index (χ2v) is 6.88. The molecule has 0 radical (unpaired) electrons. The molecule has 0 fully saturated rings. The number of thiophene rings is 1. The maximum atomic E-state index is 12.2. The molecule has 0 saturated heterocycles. The number of benzene rings is 1. The van der Waals surface area contributed by atoms with Gasteiger partial charge in [-0.05, 0) is 52.7 Å². The van der Waals surface area contributed by atoms with E-state index in [4.69, 9.17) is 5.11 Å². The van der Waals surface area contributed by atoms with E-state index in [2.05, 4.69) is 33.8 Å². The highest BCUT2D eigenvalue weighted by atomic mass is 32.1. The Morgan fingerprint density at radius 2 is 2.16 bits per heavy atom. The molecule has 0 spiro atoms. The predicted molar refractivity (Wildman–Crippen MR) is 100 cm³/mol. The molecule has 0 saturated carbocycles. The standard InChI is InChI=1S/C18H18N4O2S/c1-21(5-6-23)10-14-9-17-19-20-18(24)22(17)16-8-12(2-3-15(14)16)13-4-7-25-11-13/h2-4,7-9,11,23H,5-6,10H2,1H3,(H,20,24). The minimum atomic E-state index is -0.238. The number of aromatic nitrogens is 3. The van der Waals surface area contributed by atoms with Gasteiger partial charge in [-0.1, -0.05) is 12.1 Å². The van der Waals surface area contributed by atoms with E-state index in [1.807, 2.05) is 29.5 Å². The fourth-order valence-corrected chi connectivity index (χ4v) is 3.81. The Balaban J connectivity index is 1.95. The highest BCUT2D eigenvalue weighted by Gasteiger charge is 2.13. The summed E-state index contributed by atoms with van der Waals surface area (Å²) < 4.78 is 1.61. The lowest BCUT2D eigenvalue weighted by Crippen LogP contribution is -2.22. The number of aliphatic hydroxyl groups excluding tert-OH is 1. The van der Waals surface area contributed by atoms with E-state index in [0.29, 0.717) is 18.7 Å². The van der Waals surface area contributed by atoms with Crippen LogP contribution in [0.5, 0.6) is 0 Å². The zero-order valence-corrected chi connectivity index (χ0v) is 14.6. The molecule has 0 unspecified atom stereocenters. The predicted octanol–water partition coefficient (Wildman–Crippen LogP) is 2.33. The monoisotopic (exact) mass is 354 g/mol. The van der Waals surface area contributed by atoms with Crippen molar-refractivity contribution in [3.8, 4) is 11.1 Å². The van der Waals surface area contributed by atoms with Gasteiger partial charge >= 0.3 is 5.69 Å². The number of H-pyrrole nitrogens is 1. The van der Waals surface area contributed by atoms with E-state index < -0.39 is 0 Å². The largest absolute Gasteiger partial charge is 0.395 e. The van der Waals surface area contributed by atoms with Crippen LogP contribution in [0.4, 0.5) is 0 Å². The Hall–Kier alpha value is -2.48. The number of hydrogen-bond acceptors (Lipinski definition) is 5. The third-order valence-corrected chi connectivity index (χ3v) is 5.05. The summed E-state index contributed by atoms with van der Waals surface area (Å²) in [5, 5.41) is 21.0. The van der Waals surface area contributed by atoms with Gasteiger partial charge in [-0.25, -0.2) is 14.3 Å². The molecule has 0 aliphatic heterocycles. The summed E-state index contributed by atoms with van der Waals surface area (Å²) in [4.78, 5) is 14.3. The number of aliphatic hydroxyl groups is 1. The molecule has 0 bridgehead atoms. The number of hydrogen-bond donors (Lipinski definition) is 2. The van der Waals surface area contributed by atoms with Crippen molar-refractivity contribution in [1.29, 1.82) is 0 Å². The fraction of sp³-hybridized carbons (Fsp3) is 0.222. The summed E-state index contributed by atoms with van der Waals surface area (Å²) in [6.07, 6.45) is 0. The molecule has 0 amide bonds. The summed E-state index contributed by atoms with van der Waals surface area (Å²) in [5.74, 6) is 0. The van der Waals surface area contributed by atoms with Gasteiger partial charge in [0, 0.05) is 18.5 Å². The highest BCUT2D eigenvalue weighted by molar-refractivity contribution is 7.08. The van der Waals surface area contributed by atoms with Crippen LogP contribution >= 0.6 is 11.3 Å². The lowest BCUT2D eigenvalue weighted by Gasteiger charge is -2.17. The number of aromatic amines is 1. The van der Waals surface area contributed by atoms with Gasteiger partial charge in [-0.3, -0.25) is 4.90 Å². The third kappa shape index (κ3) is 2.86. The fourth-order valence-electron chi connectivity index (χ4n) is 3.14. The first-order chi connectivity index (χ1) is 12.2. The molecule has 4 rings (SSSR count). The average Bonchev–Trinajstić information content (AvgIpc) is 3.25. The molecule has 25 heavy (non-hydrogen) atoms. The SMILES string of the molecule is CN(CCO)Cc1cc2n[nH]c(=O)n2c2cc(-c3ccsc3)ccc12. The maximum Gasteiger partial charge on any atom is 0.348 e. The number of likely N-dealkylation sites (N-methyl/N-ethyl adjacent to an activating group) is 1. The Morgan fingerprint density at radius 3 is 2.92 bits per heavy atom. The molecule has 1 aromatic carbocycles. The van der Waals surface area contributed by atoms with Crippen LogP contribution in [-0.2, 0) is 6.54 Å². The Morgan fingerprint density at radius 1 is 1.28 bits per heavy atom.